The van der Waals surface area contributed by atoms with Crippen molar-refractivity contribution in [2.75, 3.05) is 21.3 Å². The Morgan fingerprint density at radius 2 is 1.86 bits per heavy atom. The number of nitrogens with zero attached hydrogens (tertiary/aromatic N) is 1. The van der Waals surface area contributed by atoms with Crippen LogP contribution in [0, 0.1) is 0 Å². The lowest BCUT2D eigenvalue weighted by molar-refractivity contribution is -0.124. The number of amides is 1. The Morgan fingerprint density at radius 1 is 1.17 bits per heavy atom. The van der Waals surface area contributed by atoms with E-state index >= 15 is 0 Å². The zero-order valence-electron chi connectivity index (χ0n) is 16.4. The maximum absolute atomic E-state index is 12.3. The quantitative estimate of drug-likeness (QED) is 0.554. The fourth-order valence-corrected chi connectivity index (χ4v) is 4.21. The lowest BCUT2D eigenvalue weighted by atomic mass is 10.0. The van der Waals surface area contributed by atoms with Crippen molar-refractivity contribution >= 4 is 29.7 Å². The lowest BCUT2D eigenvalue weighted by Crippen LogP contribution is -2.30. The van der Waals surface area contributed by atoms with E-state index in [9.17, 15) is 9.59 Å². The topological polar surface area (TPSA) is 86.2 Å². The highest BCUT2D eigenvalue weighted by molar-refractivity contribution is 8.00. The standard InChI is InChI=1S/C21H22N2O5S/c1-26-16-8-13(9-17(27-2)21(16)28-3)12-22-23-20(25)11-19-15(24)10-14-6-4-5-7-18(14)29-19/h4-9,12,19H,10-11H2,1-3H3,(H,23,25)/b22-12-. The van der Waals surface area contributed by atoms with E-state index < -0.39 is 5.25 Å². The molecule has 0 spiro atoms. The monoisotopic (exact) mass is 414 g/mol. The fraction of sp³-hybridized carbons (Fsp3) is 0.286. The number of benzene rings is 2. The number of ether oxygens (including phenoxy) is 3. The normalized spacial score (nSPS) is 15.7. The summed E-state index contributed by atoms with van der Waals surface area (Å²) in [7, 11) is 4.57. The minimum atomic E-state index is -0.402. The first-order valence-corrected chi connectivity index (χ1v) is 9.82. The van der Waals surface area contributed by atoms with Gasteiger partial charge in [-0.1, -0.05) is 18.2 Å². The van der Waals surface area contributed by atoms with Crippen molar-refractivity contribution in [3.8, 4) is 17.2 Å². The Kier molecular flexibility index (Phi) is 6.77. The maximum Gasteiger partial charge on any atom is 0.241 e. The molecule has 1 N–H and O–H groups in total. The van der Waals surface area contributed by atoms with Gasteiger partial charge in [0, 0.05) is 23.3 Å². The molecule has 2 aromatic rings. The molecule has 1 atom stereocenters. The molecule has 3 rings (SSSR count). The van der Waals surface area contributed by atoms with Crippen LogP contribution in [0.25, 0.3) is 0 Å². The van der Waals surface area contributed by atoms with E-state index in [1.165, 1.54) is 39.3 Å². The number of carbonyl (C=O) groups is 2. The highest BCUT2D eigenvalue weighted by atomic mass is 32.2. The van der Waals surface area contributed by atoms with Gasteiger partial charge in [-0.15, -0.1) is 11.8 Å². The van der Waals surface area contributed by atoms with Gasteiger partial charge in [0.05, 0.1) is 32.8 Å². The Hall–Kier alpha value is -3.00. The van der Waals surface area contributed by atoms with E-state index in [4.69, 9.17) is 14.2 Å². The van der Waals surface area contributed by atoms with Crippen molar-refractivity contribution in [2.24, 2.45) is 5.10 Å². The smallest absolute Gasteiger partial charge is 0.241 e. The maximum atomic E-state index is 12.3. The number of hydrogen-bond acceptors (Lipinski definition) is 7. The van der Waals surface area contributed by atoms with Crippen LogP contribution >= 0.6 is 11.8 Å². The summed E-state index contributed by atoms with van der Waals surface area (Å²) in [4.78, 5) is 25.6. The summed E-state index contributed by atoms with van der Waals surface area (Å²) in [5, 5.41) is 3.58. The molecule has 0 saturated carbocycles. The van der Waals surface area contributed by atoms with Gasteiger partial charge in [0.2, 0.25) is 11.7 Å². The molecule has 2 aromatic carbocycles. The van der Waals surface area contributed by atoms with Crippen LogP contribution in [0.5, 0.6) is 17.2 Å². The van der Waals surface area contributed by atoms with Gasteiger partial charge in [0.25, 0.3) is 0 Å². The second-order valence-corrected chi connectivity index (χ2v) is 7.56. The van der Waals surface area contributed by atoms with E-state index in [2.05, 4.69) is 10.5 Å². The SMILES string of the molecule is COc1cc(/C=N\NC(=O)CC2Sc3ccccc3CC2=O)cc(OC)c1OC. The molecule has 7 nitrogen and oxygen atoms in total. The summed E-state index contributed by atoms with van der Waals surface area (Å²) < 4.78 is 15.9. The molecule has 1 aliphatic rings. The van der Waals surface area contributed by atoms with Gasteiger partial charge >= 0.3 is 0 Å². The molecule has 1 amide bonds. The van der Waals surface area contributed by atoms with Crippen molar-refractivity contribution in [3.63, 3.8) is 0 Å². The van der Waals surface area contributed by atoms with Crippen LogP contribution in [-0.4, -0.2) is 44.5 Å². The molecular formula is C21H22N2O5S. The second kappa shape index (κ2) is 9.47. The van der Waals surface area contributed by atoms with Crippen LogP contribution in [0.1, 0.15) is 17.5 Å². The Bertz CT molecular complexity index is 919. The van der Waals surface area contributed by atoms with Crippen molar-refractivity contribution in [2.45, 2.75) is 23.0 Å². The third kappa shape index (κ3) is 4.89. The van der Waals surface area contributed by atoms with Crippen molar-refractivity contribution in [3.05, 3.63) is 47.5 Å². The molecule has 152 valence electrons. The lowest BCUT2D eigenvalue weighted by Gasteiger charge is -2.22. The molecule has 1 aliphatic heterocycles. The molecule has 0 aliphatic carbocycles. The molecule has 8 heteroatoms. The number of methoxy groups -OCH3 is 3. The van der Waals surface area contributed by atoms with Crippen molar-refractivity contribution in [1.82, 2.24) is 5.43 Å². The van der Waals surface area contributed by atoms with E-state index in [1.807, 2.05) is 24.3 Å². The minimum Gasteiger partial charge on any atom is -0.493 e. The predicted octanol–water partition coefficient (Wildman–Crippen LogP) is 2.84. The average molecular weight is 414 g/mol. The number of fused-ring (bicyclic) bond motifs is 1. The van der Waals surface area contributed by atoms with Crippen LogP contribution in [0.4, 0.5) is 0 Å². The fourth-order valence-electron chi connectivity index (χ4n) is 3.01. The highest BCUT2D eigenvalue weighted by Crippen LogP contribution is 2.38. The van der Waals surface area contributed by atoms with Gasteiger partial charge in [0.15, 0.2) is 17.3 Å². The first-order chi connectivity index (χ1) is 14.0. The van der Waals surface area contributed by atoms with Gasteiger partial charge in [0.1, 0.15) is 0 Å². The van der Waals surface area contributed by atoms with E-state index in [1.54, 1.807) is 12.1 Å². The zero-order chi connectivity index (χ0) is 20.8. The molecule has 29 heavy (non-hydrogen) atoms. The Morgan fingerprint density at radius 3 is 2.52 bits per heavy atom. The van der Waals surface area contributed by atoms with Gasteiger partial charge in [-0.05, 0) is 23.8 Å². The van der Waals surface area contributed by atoms with Crippen molar-refractivity contribution < 1.29 is 23.8 Å². The summed E-state index contributed by atoms with van der Waals surface area (Å²) in [6.45, 7) is 0. The van der Waals surface area contributed by atoms with E-state index in [0.717, 1.165) is 10.5 Å². The van der Waals surface area contributed by atoms with Crippen LogP contribution in [0.15, 0.2) is 46.4 Å². The Balaban J connectivity index is 1.62. The number of carbonyl (C=O) groups excluding carboxylic acids is 2. The summed E-state index contributed by atoms with van der Waals surface area (Å²) >= 11 is 1.43. The van der Waals surface area contributed by atoms with Gasteiger partial charge in [-0.3, -0.25) is 9.59 Å². The first kappa shape index (κ1) is 20.7. The summed E-state index contributed by atoms with van der Waals surface area (Å²) in [6, 6.07) is 11.2. The minimum absolute atomic E-state index is 0.0532. The van der Waals surface area contributed by atoms with E-state index in [0.29, 0.717) is 29.2 Å². The third-order valence-electron chi connectivity index (χ3n) is 4.43. The number of ketones is 1. The highest BCUT2D eigenvalue weighted by Gasteiger charge is 2.28. The van der Waals surface area contributed by atoms with Crippen LogP contribution in [0.2, 0.25) is 0 Å². The molecule has 1 unspecified atom stereocenters. The largest absolute Gasteiger partial charge is 0.493 e. The summed E-state index contributed by atoms with van der Waals surface area (Å²) in [6.07, 6.45) is 1.91. The first-order valence-electron chi connectivity index (χ1n) is 8.95. The second-order valence-electron chi connectivity index (χ2n) is 6.31. The molecular weight excluding hydrogens is 392 g/mol. The molecule has 0 fully saturated rings. The van der Waals surface area contributed by atoms with Crippen molar-refractivity contribution in [1.29, 1.82) is 0 Å². The number of Topliss-reactive ketones (excluding diaryl/α,β-unsaturated/α-hetero) is 1. The molecule has 0 radical (unpaired) electrons. The van der Waals surface area contributed by atoms with Gasteiger partial charge in [-0.2, -0.15) is 5.10 Å². The number of hydrazone groups is 1. The summed E-state index contributed by atoms with van der Waals surface area (Å²) in [5.41, 5.74) is 4.16. The average Bonchev–Trinajstić information content (AvgIpc) is 2.73. The summed E-state index contributed by atoms with van der Waals surface area (Å²) in [5.74, 6) is 1.19. The number of nitrogens with one attached hydrogen (secondary N) is 1. The van der Waals surface area contributed by atoms with Crippen LogP contribution in [-0.2, 0) is 16.0 Å². The molecule has 1 heterocycles. The molecule has 0 bridgehead atoms. The number of rotatable bonds is 7. The Labute approximate surface area is 173 Å². The van der Waals surface area contributed by atoms with Gasteiger partial charge < -0.3 is 14.2 Å². The predicted molar refractivity (Wildman–Crippen MR) is 111 cm³/mol. The molecule has 0 aromatic heterocycles. The van der Waals surface area contributed by atoms with Crippen LogP contribution in [0.3, 0.4) is 0 Å². The third-order valence-corrected chi connectivity index (χ3v) is 5.79. The van der Waals surface area contributed by atoms with E-state index in [-0.39, 0.29) is 18.1 Å². The number of hydrogen-bond donors (Lipinski definition) is 1. The number of thioether (sulfide) groups is 1. The van der Waals surface area contributed by atoms with Crippen LogP contribution < -0.4 is 19.6 Å². The molecule has 0 saturated heterocycles. The van der Waals surface area contributed by atoms with Gasteiger partial charge in [-0.25, -0.2) is 5.43 Å². The zero-order valence-corrected chi connectivity index (χ0v) is 17.2.